The number of hydrogen-bond acceptors (Lipinski definition) is 4. The third-order valence-electron chi connectivity index (χ3n) is 10.9. The van der Waals surface area contributed by atoms with Crippen molar-refractivity contribution < 1.29 is 19.4 Å². The maximum atomic E-state index is 12.7. The molecule has 3 N–H and O–H groups in total. The highest BCUT2D eigenvalue weighted by Gasteiger charge is 2.58. The van der Waals surface area contributed by atoms with E-state index in [1.807, 2.05) is 20.8 Å². The van der Waals surface area contributed by atoms with Crippen LogP contribution in [0.1, 0.15) is 145 Å². The van der Waals surface area contributed by atoms with Gasteiger partial charge in [0.2, 0.25) is 5.91 Å². The molecule has 0 radical (unpaired) electrons. The van der Waals surface area contributed by atoms with Gasteiger partial charge in [-0.2, -0.15) is 0 Å². The van der Waals surface area contributed by atoms with Crippen molar-refractivity contribution in [2.45, 2.75) is 156 Å². The summed E-state index contributed by atoms with van der Waals surface area (Å²) < 4.78 is 5.25. The number of nitrogens with one attached hydrogen (secondary N) is 2. The Morgan fingerprint density at radius 1 is 0.902 bits per heavy atom. The summed E-state index contributed by atoms with van der Waals surface area (Å²) in [6.45, 7) is 16.5. The molecule has 2 saturated carbocycles. The second kappa shape index (κ2) is 14.8. The molecule has 0 aromatic carbocycles. The molecule has 0 aromatic rings. The number of aliphatic hydroxyl groups is 1. The number of rotatable bonds is 13. The van der Waals surface area contributed by atoms with E-state index in [4.69, 9.17) is 4.74 Å². The number of carbonyl (C=O) groups is 2. The largest absolute Gasteiger partial charge is 0.444 e. The number of aliphatic hydroxyl groups excluding tert-OH is 1. The Balaban J connectivity index is 1.28. The smallest absolute Gasteiger partial charge is 0.407 e. The van der Waals surface area contributed by atoms with Crippen LogP contribution in [-0.4, -0.2) is 41.9 Å². The molecule has 0 aliphatic heterocycles. The fraction of sp³-hybridized carbons (Fsp3) is 0.886. The molecule has 2 fully saturated rings. The first-order valence-electron chi connectivity index (χ1n) is 16.9. The van der Waals surface area contributed by atoms with Gasteiger partial charge >= 0.3 is 6.09 Å². The van der Waals surface area contributed by atoms with Gasteiger partial charge < -0.3 is 20.5 Å². The number of alkyl carbamates (subject to hydrolysis) is 1. The Morgan fingerprint density at radius 3 is 2.15 bits per heavy atom. The van der Waals surface area contributed by atoms with Crippen LogP contribution in [0, 0.1) is 28.6 Å². The molecule has 3 rings (SSSR count). The van der Waals surface area contributed by atoms with E-state index in [0.717, 1.165) is 51.5 Å². The molecule has 3 aliphatic carbocycles. The Labute approximate surface area is 251 Å². The van der Waals surface area contributed by atoms with Gasteiger partial charge in [-0.1, -0.05) is 64.0 Å². The third-order valence-corrected chi connectivity index (χ3v) is 10.9. The van der Waals surface area contributed by atoms with Gasteiger partial charge in [0.05, 0.1) is 6.10 Å². The topological polar surface area (TPSA) is 87.7 Å². The molecule has 0 aromatic heterocycles. The number of allylic oxidation sites excluding steroid dienone is 2. The second-order valence-electron chi connectivity index (χ2n) is 15.3. The van der Waals surface area contributed by atoms with Crippen LogP contribution < -0.4 is 10.6 Å². The SMILES string of the molecule is CC1=C(CCC(=O)NCCCCCCCCCNC(=O)OC(C)(C)C)C2CCC3C(C)(C)C(O)CC[C@]3(C)[C@H]2CC1. The summed E-state index contributed by atoms with van der Waals surface area (Å²) in [5.74, 6) is 2.10. The molecule has 236 valence electrons. The molecule has 0 spiro atoms. The van der Waals surface area contributed by atoms with Crippen molar-refractivity contribution >= 4 is 12.0 Å². The van der Waals surface area contributed by atoms with Crippen molar-refractivity contribution in [2.24, 2.45) is 28.6 Å². The Kier molecular flexibility index (Phi) is 12.2. The molecule has 41 heavy (non-hydrogen) atoms. The quantitative estimate of drug-likeness (QED) is 0.153. The van der Waals surface area contributed by atoms with Crippen LogP contribution in [0.15, 0.2) is 11.1 Å². The van der Waals surface area contributed by atoms with E-state index < -0.39 is 5.60 Å². The molecular weight excluding hydrogens is 512 g/mol. The zero-order valence-corrected chi connectivity index (χ0v) is 27.5. The van der Waals surface area contributed by atoms with Crippen molar-refractivity contribution in [2.75, 3.05) is 13.1 Å². The summed E-state index contributed by atoms with van der Waals surface area (Å²) >= 11 is 0. The van der Waals surface area contributed by atoms with Crippen molar-refractivity contribution in [3.63, 3.8) is 0 Å². The summed E-state index contributed by atoms with van der Waals surface area (Å²) in [7, 11) is 0. The number of carbonyl (C=O) groups excluding carboxylic acids is 2. The molecule has 6 heteroatoms. The lowest BCUT2D eigenvalue weighted by Gasteiger charge is -2.62. The van der Waals surface area contributed by atoms with Crippen LogP contribution in [0.4, 0.5) is 4.79 Å². The maximum Gasteiger partial charge on any atom is 0.407 e. The number of amides is 2. The van der Waals surface area contributed by atoms with Gasteiger partial charge in [0, 0.05) is 19.5 Å². The highest BCUT2D eigenvalue weighted by molar-refractivity contribution is 5.76. The van der Waals surface area contributed by atoms with Crippen LogP contribution in [0.3, 0.4) is 0 Å². The van der Waals surface area contributed by atoms with E-state index >= 15 is 0 Å². The minimum absolute atomic E-state index is 0.00504. The fourth-order valence-electron chi connectivity index (χ4n) is 8.63. The monoisotopic (exact) mass is 574 g/mol. The van der Waals surface area contributed by atoms with E-state index in [0.29, 0.717) is 36.1 Å². The van der Waals surface area contributed by atoms with Gasteiger partial charge in [0.15, 0.2) is 0 Å². The highest BCUT2D eigenvalue weighted by Crippen LogP contribution is 2.64. The molecule has 5 atom stereocenters. The van der Waals surface area contributed by atoms with Gasteiger partial charge in [-0.05, 0) is 114 Å². The zero-order valence-electron chi connectivity index (χ0n) is 27.5. The first kappa shape index (κ1) is 33.9. The summed E-state index contributed by atoms with van der Waals surface area (Å²) in [5, 5.41) is 16.8. The molecule has 0 bridgehead atoms. The van der Waals surface area contributed by atoms with Gasteiger partial charge in [0.25, 0.3) is 0 Å². The highest BCUT2D eigenvalue weighted by atomic mass is 16.6. The minimum atomic E-state index is -0.448. The standard InChI is InChI=1S/C35H62N2O4/c1-25-15-18-28-27(16-19-29-34(5,6)30(38)21-22-35(28,29)7)26(25)17-20-31(39)36-23-13-11-9-8-10-12-14-24-37-32(40)41-33(2,3)4/h27-30,38H,8-24H2,1-7H3,(H,36,39)(H,37,40)/t27?,28-,29?,30?,35+/m0/s1. The molecule has 0 heterocycles. The van der Waals surface area contributed by atoms with Crippen molar-refractivity contribution in [3.8, 4) is 0 Å². The van der Waals surface area contributed by atoms with E-state index in [1.54, 1.807) is 5.57 Å². The summed E-state index contributed by atoms with van der Waals surface area (Å²) in [5.41, 5.74) is 2.97. The molecule has 3 aliphatic rings. The Hall–Kier alpha value is -1.56. The number of unbranched alkanes of at least 4 members (excludes halogenated alkanes) is 6. The predicted molar refractivity (Wildman–Crippen MR) is 168 cm³/mol. The Morgan fingerprint density at radius 2 is 1.51 bits per heavy atom. The van der Waals surface area contributed by atoms with Crippen LogP contribution in [0.2, 0.25) is 0 Å². The van der Waals surface area contributed by atoms with Gasteiger partial charge in [-0.3, -0.25) is 4.79 Å². The van der Waals surface area contributed by atoms with Crippen LogP contribution >= 0.6 is 0 Å². The van der Waals surface area contributed by atoms with E-state index in [1.165, 1.54) is 50.5 Å². The van der Waals surface area contributed by atoms with E-state index in [9.17, 15) is 14.7 Å². The van der Waals surface area contributed by atoms with Crippen LogP contribution in [0.5, 0.6) is 0 Å². The lowest BCUT2D eigenvalue weighted by Crippen LogP contribution is -2.56. The summed E-state index contributed by atoms with van der Waals surface area (Å²) in [6.07, 6.45) is 15.8. The van der Waals surface area contributed by atoms with E-state index in [-0.39, 0.29) is 23.5 Å². The predicted octanol–water partition coefficient (Wildman–Crippen LogP) is 8.08. The lowest BCUT2D eigenvalue weighted by atomic mass is 9.43. The van der Waals surface area contributed by atoms with Crippen LogP contribution in [-0.2, 0) is 9.53 Å². The third kappa shape index (κ3) is 9.21. The van der Waals surface area contributed by atoms with Crippen molar-refractivity contribution in [1.82, 2.24) is 10.6 Å². The number of hydrogen-bond donors (Lipinski definition) is 3. The zero-order chi connectivity index (χ0) is 30.3. The van der Waals surface area contributed by atoms with E-state index in [2.05, 4.69) is 38.3 Å². The number of ether oxygens (including phenoxy) is 1. The number of fused-ring (bicyclic) bond motifs is 3. The molecule has 3 unspecified atom stereocenters. The Bertz CT molecular complexity index is 904. The molecular formula is C35H62N2O4. The van der Waals surface area contributed by atoms with Crippen molar-refractivity contribution in [3.05, 3.63) is 11.1 Å². The summed E-state index contributed by atoms with van der Waals surface area (Å²) in [6, 6.07) is 0. The van der Waals surface area contributed by atoms with Crippen molar-refractivity contribution in [1.29, 1.82) is 0 Å². The van der Waals surface area contributed by atoms with Gasteiger partial charge in [-0.15, -0.1) is 0 Å². The van der Waals surface area contributed by atoms with Gasteiger partial charge in [0.1, 0.15) is 5.60 Å². The molecule has 0 saturated heterocycles. The minimum Gasteiger partial charge on any atom is -0.444 e. The first-order valence-corrected chi connectivity index (χ1v) is 16.9. The second-order valence-corrected chi connectivity index (χ2v) is 15.3. The molecule has 2 amide bonds. The van der Waals surface area contributed by atoms with Crippen LogP contribution in [0.25, 0.3) is 0 Å². The first-order chi connectivity index (χ1) is 19.3. The average molecular weight is 575 g/mol. The summed E-state index contributed by atoms with van der Waals surface area (Å²) in [4.78, 5) is 24.4. The maximum absolute atomic E-state index is 12.7. The average Bonchev–Trinajstić information content (AvgIpc) is 2.88. The fourth-order valence-corrected chi connectivity index (χ4v) is 8.63. The lowest BCUT2D eigenvalue weighted by molar-refractivity contribution is -0.149. The molecule has 6 nitrogen and oxygen atoms in total. The normalized spacial score (nSPS) is 29.4. The van der Waals surface area contributed by atoms with Gasteiger partial charge in [-0.25, -0.2) is 4.79 Å².